The fraction of sp³-hybridized carbons (Fsp3) is 0.588. The van der Waals surface area contributed by atoms with Crippen molar-refractivity contribution in [2.24, 2.45) is 0 Å². The zero-order valence-corrected chi connectivity index (χ0v) is 15.4. The molecule has 0 aliphatic heterocycles. The molecule has 1 aliphatic carbocycles. The summed E-state index contributed by atoms with van der Waals surface area (Å²) in [6.07, 6.45) is 6.25. The number of sulfonamides is 1. The highest BCUT2D eigenvalue weighted by Gasteiger charge is 2.26. The van der Waals surface area contributed by atoms with Gasteiger partial charge in [-0.25, -0.2) is 12.8 Å². The van der Waals surface area contributed by atoms with Gasteiger partial charge in [-0.15, -0.1) is 0 Å². The second-order valence-corrected chi connectivity index (χ2v) is 8.02. The molecule has 1 unspecified atom stereocenters. The molecule has 0 heterocycles. The summed E-state index contributed by atoms with van der Waals surface area (Å²) in [6.45, 7) is 1.47. The van der Waals surface area contributed by atoms with Crippen molar-refractivity contribution in [3.63, 3.8) is 0 Å². The molecule has 1 fully saturated rings. The number of nitrogens with one attached hydrogen (secondary N) is 2. The maximum Gasteiger partial charge on any atom is 0.245 e. The minimum atomic E-state index is -4.09. The van der Waals surface area contributed by atoms with E-state index in [2.05, 4.69) is 10.0 Å². The van der Waals surface area contributed by atoms with Gasteiger partial charge >= 0.3 is 0 Å². The van der Waals surface area contributed by atoms with Crippen molar-refractivity contribution in [2.75, 3.05) is 7.11 Å². The van der Waals surface area contributed by atoms with Crippen LogP contribution < -0.4 is 14.8 Å². The van der Waals surface area contributed by atoms with E-state index in [1.165, 1.54) is 20.1 Å². The number of hydrogen-bond donors (Lipinski definition) is 2. The lowest BCUT2D eigenvalue weighted by molar-refractivity contribution is -0.123. The predicted molar refractivity (Wildman–Crippen MR) is 92.4 cm³/mol. The maximum absolute atomic E-state index is 13.4. The smallest absolute Gasteiger partial charge is 0.245 e. The molecule has 25 heavy (non-hydrogen) atoms. The topological polar surface area (TPSA) is 84.5 Å². The molecule has 1 amide bonds. The molecule has 2 rings (SSSR count). The van der Waals surface area contributed by atoms with Crippen LogP contribution in [0.2, 0.25) is 0 Å². The van der Waals surface area contributed by atoms with Crippen LogP contribution in [-0.2, 0) is 14.8 Å². The minimum absolute atomic E-state index is 0.0188. The van der Waals surface area contributed by atoms with E-state index in [1.807, 2.05) is 0 Å². The molecule has 1 atom stereocenters. The van der Waals surface area contributed by atoms with Gasteiger partial charge in [-0.1, -0.05) is 25.7 Å². The number of rotatable bonds is 6. The van der Waals surface area contributed by atoms with Crippen LogP contribution in [0.3, 0.4) is 0 Å². The number of hydrogen-bond acceptors (Lipinski definition) is 4. The van der Waals surface area contributed by atoms with Crippen molar-refractivity contribution in [3.8, 4) is 5.75 Å². The van der Waals surface area contributed by atoms with Crippen LogP contribution in [0, 0.1) is 5.82 Å². The molecule has 0 spiro atoms. The number of benzene rings is 1. The quantitative estimate of drug-likeness (QED) is 0.751. The first-order valence-electron chi connectivity index (χ1n) is 8.49. The van der Waals surface area contributed by atoms with Crippen molar-refractivity contribution in [2.45, 2.75) is 62.4 Å². The van der Waals surface area contributed by atoms with E-state index in [0.29, 0.717) is 0 Å². The van der Waals surface area contributed by atoms with E-state index < -0.39 is 21.9 Å². The standard InChI is InChI=1S/C17H25FN2O4S/c1-12(17(21)19-14-7-5-3-4-6-8-14)20-25(22,23)16-11-13(18)9-10-15(16)24-2/h9-12,14,20H,3-8H2,1-2H3,(H,19,21). The number of ether oxygens (including phenoxy) is 1. The van der Waals surface area contributed by atoms with E-state index in [9.17, 15) is 17.6 Å². The maximum atomic E-state index is 13.4. The van der Waals surface area contributed by atoms with Gasteiger partial charge in [0.2, 0.25) is 15.9 Å². The van der Waals surface area contributed by atoms with Crippen LogP contribution in [0.4, 0.5) is 4.39 Å². The Bertz CT molecular complexity index is 701. The third kappa shape index (κ3) is 5.40. The third-order valence-electron chi connectivity index (χ3n) is 4.34. The largest absolute Gasteiger partial charge is 0.495 e. The number of halogens is 1. The lowest BCUT2D eigenvalue weighted by Gasteiger charge is -2.20. The summed E-state index contributed by atoms with van der Waals surface area (Å²) < 4.78 is 45.7. The molecule has 1 aliphatic rings. The van der Waals surface area contributed by atoms with Gasteiger partial charge in [-0.05, 0) is 38.0 Å². The summed E-state index contributed by atoms with van der Waals surface area (Å²) in [5, 5.41) is 2.90. The van der Waals surface area contributed by atoms with Crippen molar-refractivity contribution >= 4 is 15.9 Å². The molecule has 0 bridgehead atoms. The summed E-state index contributed by atoms with van der Waals surface area (Å²) in [5.74, 6) is -1.06. The monoisotopic (exact) mass is 372 g/mol. The third-order valence-corrected chi connectivity index (χ3v) is 5.90. The molecule has 1 aromatic carbocycles. The Morgan fingerprint density at radius 1 is 1.24 bits per heavy atom. The molecule has 0 aromatic heterocycles. The van der Waals surface area contributed by atoms with Crippen molar-refractivity contribution in [1.29, 1.82) is 0 Å². The Hall–Kier alpha value is -1.67. The van der Waals surface area contributed by atoms with Crippen LogP contribution in [0.15, 0.2) is 23.1 Å². The van der Waals surface area contributed by atoms with Crippen molar-refractivity contribution in [1.82, 2.24) is 10.0 Å². The highest BCUT2D eigenvalue weighted by molar-refractivity contribution is 7.89. The zero-order valence-electron chi connectivity index (χ0n) is 14.5. The molecule has 140 valence electrons. The average molecular weight is 372 g/mol. The zero-order chi connectivity index (χ0) is 18.4. The number of carbonyl (C=O) groups excluding carboxylic acids is 1. The predicted octanol–water partition coefficient (Wildman–Crippen LogP) is 2.34. The Kier molecular flexibility index (Phi) is 6.78. The molecular formula is C17H25FN2O4S. The summed E-state index contributed by atoms with van der Waals surface area (Å²) in [4.78, 5) is 12.0. The summed E-state index contributed by atoms with van der Waals surface area (Å²) in [6, 6.07) is 2.32. The van der Waals surface area contributed by atoms with E-state index in [0.717, 1.165) is 50.7 Å². The lowest BCUT2D eigenvalue weighted by Crippen LogP contribution is -2.48. The molecule has 8 heteroatoms. The van der Waals surface area contributed by atoms with Crippen LogP contribution in [-0.4, -0.2) is 33.5 Å². The fourth-order valence-electron chi connectivity index (χ4n) is 2.96. The van der Waals surface area contributed by atoms with Crippen molar-refractivity contribution in [3.05, 3.63) is 24.0 Å². The van der Waals surface area contributed by atoms with Gasteiger partial charge in [0.15, 0.2) is 0 Å². The van der Waals surface area contributed by atoms with Gasteiger partial charge in [0.1, 0.15) is 16.5 Å². The van der Waals surface area contributed by atoms with Crippen LogP contribution in [0.5, 0.6) is 5.75 Å². The molecule has 1 saturated carbocycles. The Balaban J connectivity index is 2.06. The normalized spacial score (nSPS) is 17.6. The fourth-order valence-corrected chi connectivity index (χ4v) is 4.34. The first-order chi connectivity index (χ1) is 11.8. The summed E-state index contributed by atoms with van der Waals surface area (Å²) in [7, 11) is -2.79. The van der Waals surface area contributed by atoms with Gasteiger partial charge in [-0.3, -0.25) is 4.79 Å². The minimum Gasteiger partial charge on any atom is -0.495 e. The first kappa shape index (κ1) is 19.7. The Labute approximate surface area is 148 Å². The van der Waals surface area contributed by atoms with E-state index in [1.54, 1.807) is 0 Å². The van der Waals surface area contributed by atoms with Gasteiger partial charge in [0, 0.05) is 6.04 Å². The highest BCUT2D eigenvalue weighted by Crippen LogP contribution is 2.24. The number of amides is 1. The molecule has 1 aromatic rings. The van der Waals surface area contributed by atoms with Gasteiger partial charge in [-0.2, -0.15) is 4.72 Å². The second kappa shape index (κ2) is 8.62. The summed E-state index contributed by atoms with van der Waals surface area (Å²) >= 11 is 0. The van der Waals surface area contributed by atoms with Gasteiger partial charge in [0.05, 0.1) is 13.2 Å². The van der Waals surface area contributed by atoms with Crippen LogP contribution in [0.1, 0.15) is 45.4 Å². The molecule has 6 nitrogen and oxygen atoms in total. The molecule has 0 radical (unpaired) electrons. The summed E-state index contributed by atoms with van der Waals surface area (Å²) in [5.41, 5.74) is 0. The lowest BCUT2D eigenvalue weighted by atomic mass is 10.1. The molecule has 2 N–H and O–H groups in total. The SMILES string of the molecule is COc1ccc(F)cc1S(=O)(=O)NC(C)C(=O)NC1CCCCCC1. The van der Waals surface area contributed by atoms with E-state index in [-0.39, 0.29) is 22.6 Å². The molecule has 0 saturated heterocycles. The van der Waals surface area contributed by atoms with E-state index in [4.69, 9.17) is 4.74 Å². The van der Waals surface area contributed by atoms with Crippen molar-refractivity contribution < 1.29 is 22.3 Å². The highest BCUT2D eigenvalue weighted by atomic mass is 32.2. The Morgan fingerprint density at radius 2 is 1.88 bits per heavy atom. The second-order valence-electron chi connectivity index (χ2n) is 6.34. The van der Waals surface area contributed by atoms with Crippen LogP contribution in [0.25, 0.3) is 0 Å². The number of methoxy groups -OCH3 is 1. The first-order valence-corrected chi connectivity index (χ1v) is 9.98. The van der Waals surface area contributed by atoms with Gasteiger partial charge in [0.25, 0.3) is 0 Å². The van der Waals surface area contributed by atoms with E-state index >= 15 is 0 Å². The Morgan fingerprint density at radius 3 is 2.48 bits per heavy atom. The van der Waals surface area contributed by atoms with Gasteiger partial charge < -0.3 is 10.1 Å². The van der Waals surface area contributed by atoms with Crippen LogP contribution >= 0.6 is 0 Å². The number of carbonyl (C=O) groups is 1. The molecular weight excluding hydrogens is 347 g/mol. The average Bonchev–Trinajstić information content (AvgIpc) is 2.83.